The summed E-state index contributed by atoms with van der Waals surface area (Å²) in [7, 11) is 1.84. The molecular weight excluding hydrogens is 252 g/mol. The number of nitrogens with one attached hydrogen (secondary N) is 1. The molecule has 1 rings (SSSR count). The van der Waals surface area contributed by atoms with Crippen LogP contribution in [0.1, 0.15) is 53.4 Å². The minimum absolute atomic E-state index is 0.141. The lowest BCUT2D eigenvalue weighted by molar-refractivity contribution is -0.151. The summed E-state index contributed by atoms with van der Waals surface area (Å²) in [6.07, 6.45) is 4.66. The van der Waals surface area contributed by atoms with Crippen molar-refractivity contribution < 1.29 is 9.53 Å². The largest absolute Gasteiger partial charge is 0.465 e. The minimum atomic E-state index is -0.586. The predicted octanol–water partition coefficient (Wildman–Crippen LogP) is 2.43. The van der Waals surface area contributed by atoms with Gasteiger partial charge >= 0.3 is 5.97 Å². The Kier molecular flexibility index (Phi) is 6.96. The Labute approximate surface area is 124 Å². The monoisotopic (exact) mass is 284 g/mol. The van der Waals surface area contributed by atoms with Crippen molar-refractivity contribution in [2.45, 2.75) is 65.0 Å². The zero-order valence-electron chi connectivity index (χ0n) is 13.9. The van der Waals surface area contributed by atoms with E-state index in [0.717, 1.165) is 25.4 Å². The lowest BCUT2D eigenvalue weighted by Crippen LogP contribution is -2.53. The molecule has 1 saturated heterocycles. The first-order valence-corrected chi connectivity index (χ1v) is 8.07. The standard InChI is InChI=1S/C16H32N2O2/c1-6-14-8-10-18(11-9-14)13(3)12-16(4,17-5)15(19)20-7-2/h13-14,17H,6-12H2,1-5H3. The van der Waals surface area contributed by atoms with Crippen LogP contribution in [0.4, 0.5) is 0 Å². The predicted molar refractivity (Wildman–Crippen MR) is 82.8 cm³/mol. The normalized spacial score (nSPS) is 22.2. The number of likely N-dealkylation sites (N-methyl/N-ethyl adjacent to an activating group) is 1. The number of likely N-dealkylation sites (tertiary alicyclic amines) is 1. The molecule has 118 valence electrons. The zero-order chi connectivity index (χ0) is 15.2. The average Bonchev–Trinajstić information content (AvgIpc) is 2.47. The maximum absolute atomic E-state index is 12.1. The summed E-state index contributed by atoms with van der Waals surface area (Å²) < 4.78 is 5.20. The highest BCUT2D eigenvalue weighted by atomic mass is 16.5. The Morgan fingerprint density at radius 1 is 1.40 bits per heavy atom. The van der Waals surface area contributed by atoms with Gasteiger partial charge in [0, 0.05) is 6.04 Å². The number of hydrogen-bond donors (Lipinski definition) is 1. The molecule has 4 nitrogen and oxygen atoms in total. The van der Waals surface area contributed by atoms with Crippen molar-refractivity contribution in [2.24, 2.45) is 5.92 Å². The van der Waals surface area contributed by atoms with E-state index in [1.165, 1.54) is 19.3 Å². The first-order valence-electron chi connectivity index (χ1n) is 8.07. The highest BCUT2D eigenvalue weighted by molar-refractivity contribution is 5.80. The smallest absolute Gasteiger partial charge is 0.326 e. The van der Waals surface area contributed by atoms with Crippen LogP contribution in [-0.4, -0.2) is 49.2 Å². The molecule has 0 amide bonds. The van der Waals surface area contributed by atoms with Crippen LogP contribution in [0.5, 0.6) is 0 Å². The molecule has 1 aliphatic rings. The van der Waals surface area contributed by atoms with E-state index in [4.69, 9.17) is 4.74 Å². The van der Waals surface area contributed by atoms with Crippen molar-refractivity contribution in [1.82, 2.24) is 10.2 Å². The SMILES string of the molecule is CCOC(=O)C(C)(CC(C)N1CCC(CC)CC1)NC. The van der Waals surface area contributed by atoms with E-state index < -0.39 is 5.54 Å². The summed E-state index contributed by atoms with van der Waals surface area (Å²) in [5.41, 5.74) is -0.586. The van der Waals surface area contributed by atoms with Gasteiger partial charge in [-0.3, -0.25) is 4.79 Å². The second-order valence-corrected chi connectivity index (χ2v) is 6.24. The number of rotatable bonds is 7. The van der Waals surface area contributed by atoms with E-state index in [0.29, 0.717) is 12.6 Å². The summed E-state index contributed by atoms with van der Waals surface area (Å²) in [4.78, 5) is 14.6. The van der Waals surface area contributed by atoms with Gasteiger partial charge in [-0.15, -0.1) is 0 Å². The number of hydrogen-bond acceptors (Lipinski definition) is 4. The molecule has 0 bridgehead atoms. The first-order chi connectivity index (χ1) is 9.46. The average molecular weight is 284 g/mol. The van der Waals surface area contributed by atoms with Crippen molar-refractivity contribution >= 4 is 5.97 Å². The van der Waals surface area contributed by atoms with Crippen LogP contribution in [0.3, 0.4) is 0 Å². The molecule has 20 heavy (non-hydrogen) atoms. The summed E-state index contributed by atoms with van der Waals surface area (Å²) >= 11 is 0. The third-order valence-electron chi connectivity index (χ3n) is 4.83. The van der Waals surface area contributed by atoms with Gasteiger partial charge in [0.2, 0.25) is 0 Å². The zero-order valence-corrected chi connectivity index (χ0v) is 13.9. The van der Waals surface area contributed by atoms with E-state index >= 15 is 0 Å². The van der Waals surface area contributed by atoms with Gasteiger partial charge in [0.05, 0.1) is 6.61 Å². The van der Waals surface area contributed by atoms with Gasteiger partial charge in [-0.1, -0.05) is 13.3 Å². The second-order valence-electron chi connectivity index (χ2n) is 6.24. The van der Waals surface area contributed by atoms with Crippen LogP contribution in [-0.2, 0) is 9.53 Å². The fourth-order valence-electron chi connectivity index (χ4n) is 3.10. The Morgan fingerprint density at radius 2 is 2.00 bits per heavy atom. The maximum atomic E-state index is 12.1. The highest BCUT2D eigenvalue weighted by Crippen LogP contribution is 2.25. The van der Waals surface area contributed by atoms with Crippen molar-refractivity contribution in [3.8, 4) is 0 Å². The number of piperidine rings is 1. The molecule has 0 aliphatic carbocycles. The van der Waals surface area contributed by atoms with Crippen LogP contribution in [0.25, 0.3) is 0 Å². The maximum Gasteiger partial charge on any atom is 0.326 e. The molecule has 0 saturated carbocycles. The van der Waals surface area contributed by atoms with Gasteiger partial charge in [-0.25, -0.2) is 0 Å². The fourth-order valence-corrected chi connectivity index (χ4v) is 3.10. The number of carbonyl (C=O) groups is 1. The second kappa shape index (κ2) is 7.99. The van der Waals surface area contributed by atoms with Gasteiger partial charge in [0.15, 0.2) is 0 Å². The molecule has 1 N–H and O–H groups in total. The molecule has 1 heterocycles. The van der Waals surface area contributed by atoms with E-state index in [9.17, 15) is 4.79 Å². The molecule has 2 atom stereocenters. The van der Waals surface area contributed by atoms with Crippen molar-refractivity contribution in [3.63, 3.8) is 0 Å². The summed E-state index contributed by atoms with van der Waals surface area (Å²) in [5.74, 6) is 0.747. The molecular formula is C16H32N2O2. The van der Waals surface area contributed by atoms with E-state index in [2.05, 4.69) is 24.1 Å². The highest BCUT2D eigenvalue weighted by Gasteiger charge is 2.36. The van der Waals surface area contributed by atoms with Crippen LogP contribution in [0.2, 0.25) is 0 Å². The van der Waals surface area contributed by atoms with Crippen molar-refractivity contribution in [1.29, 1.82) is 0 Å². The minimum Gasteiger partial charge on any atom is -0.465 e. The lowest BCUT2D eigenvalue weighted by atomic mass is 9.89. The molecule has 0 aromatic rings. The Morgan fingerprint density at radius 3 is 2.45 bits per heavy atom. The van der Waals surface area contributed by atoms with Crippen LogP contribution in [0, 0.1) is 5.92 Å². The third-order valence-corrected chi connectivity index (χ3v) is 4.83. The number of nitrogens with zero attached hydrogens (tertiary/aromatic N) is 1. The van der Waals surface area contributed by atoms with Gasteiger partial charge < -0.3 is 15.0 Å². The molecule has 0 aromatic heterocycles. The Bertz CT molecular complexity index is 301. The van der Waals surface area contributed by atoms with Crippen molar-refractivity contribution in [3.05, 3.63) is 0 Å². The molecule has 1 fully saturated rings. The van der Waals surface area contributed by atoms with Gasteiger partial charge in [-0.05, 0) is 66.1 Å². The third kappa shape index (κ3) is 4.45. The summed E-state index contributed by atoms with van der Waals surface area (Å²) in [6, 6.07) is 0.398. The van der Waals surface area contributed by atoms with Crippen LogP contribution >= 0.6 is 0 Å². The molecule has 0 aromatic carbocycles. The number of carbonyl (C=O) groups excluding carboxylic acids is 1. The quantitative estimate of drug-likeness (QED) is 0.729. The van der Waals surface area contributed by atoms with Gasteiger partial charge in [0.25, 0.3) is 0 Å². The summed E-state index contributed by atoms with van der Waals surface area (Å²) in [5, 5.41) is 3.15. The molecule has 2 unspecified atom stereocenters. The van der Waals surface area contributed by atoms with Crippen molar-refractivity contribution in [2.75, 3.05) is 26.7 Å². The van der Waals surface area contributed by atoms with Gasteiger partial charge in [-0.2, -0.15) is 0 Å². The van der Waals surface area contributed by atoms with Crippen LogP contribution < -0.4 is 5.32 Å². The van der Waals surface area contributed by atoms with E-state index in [1.54, 1.807) is 0 Å². The Balaban J connectivity index is 2.55. The molecule has 4 heteroatoms. The first kappa shape index (κ1) is 17.4. The van der Waals surface area contributed by atoms with Crippen LogP contribution in [0.15, 0.2) is 0 Å². The fraction of sp³-hybridized carbons (Fsp3) is 0.938. The van der Waals surface area contributed by atoms with E-state index in [1.807, 2.05) is 20.9 Å². The molecule has 0 spiro atoms. The summed E-state index contributed by atoms with van der Waals surface area (Å²) in [6.45, 7) is 11.0. The van der Waals surface area contributed by atoms with E-state index in [-0.39, 0.29) is 5.97 Å². The van der Waals surface area contributed by atoms with Gasteiger partial charge in [0.1, 0.15) is 5.54 Å². The lowest BCUT2D eigenvalue weighted by Gasteiger charge is -2.39. The number of ether oxygens (including phenoxy) is 1. The number of esters is 1. The molecule has 1 aliphatic heterocycles. The Hall–Kier alpha value is -0.610. The topological polar surface area (TPSA) is 41.6 Å². The molecule has 0 radical (unpaired) electrons.